The van der Waals surface area contributed by atoms with E-state index in [9.17, 15) is 33.4 Å². The molecular formula is C10H12FLi2N2O8P. The van der Waals surface area contributed by atoms with Gasteiger partial charge in [0, 0.05) is 6.42 Å². The Morgan fingerprint density at radius 2 is 2.08 bits per heavy atom. The van der Waals surface area contributed by atoms with Crippen molar-refractivity contribution in [2.45, 2.75) is 37.9 Å². The van der Waals surface area contributed by atoms with E-state index in [0.29, 0.717) is 10.8 Å². The van der Waals surface area contributed by atoms with E-state index in [4.69, 9.17) is 4.74 Å². The monoisotopic (exact) mass is 352 g/mol. The second kappa shape index (κ2) is 8.97. The summed E-state index contributed by atoms with van der Waals surface area (Å²) in [5, 5.41) is 9.82. The van der Waals surface area contributed by atoms with Gasteiger partial charge in [0.15, 0.2) is 0 Å². The number of ether oxygens (including phenoxy) is 1. The number of aliphatic hydroxyl groups is 1. The smallest absolute Gasteiger partial charge is 0.790 e. The molecule has 1 fully saturated rings. The van der Waals surface area contributed by atoms with Gasteiger partial charge >= 0.3 is 43.4 Å². The molecule has 1 aliphatic heterocycles. The number of halogens is 1. The number of aromatic nitrogens is 2. The number of H-pyrrole nitrogens is 1. The Labute approximate surface area is 159 Å². The van der Waals surface area contributed by atoms with Crippen molar-refractivity contribution in [3.8, 4) is 0 Å². The first kappa shape index (κ1) is 23.8. The molecule has 0 saturated carbocycles. The van der Waals surface area contributed by atoms with Crippen molar-refractivity contribution in [3.05, 3.63) is 32.9 Å². The number of nitrogens with one attached hydrogen (secondary N) is 1. The van der Waals surface area contributed by atoms with Gasteiger partial charge in [-0.2, -0.15) is 4.39 Å². The summed E-state index contributed by atoms with van der Waals surface area (Å²) in [6.45, 7) is 1.19. The van der Waals surface area contributed by atoms with E-state index in [1.165, 1.54) is 6.92 Å². The van der Waals surface area contributed by atoms with Crippen LogP contribution in [0.3, 0.4) is 0 Å². The SMILES string of the molecule is C[C@@H](OP(=O)([O-])[O-])[C@H]1O[C@@H](n2cc(F)c(=O)[nH]c2=O)C[C@@H]1O.[Li+].[Li+]. The van der Waals surface area contributed by atoms with Gasteiger partial charge in [0.1, 0.15) is 12.3 Å². The third-order valence-electron chi connectivity index (χ3n) is 3.13. The molecule has 2 N–H and O–H groups in total. The standard InChI is InChI=1S/C10H14FN2O8P.2Li/c1-4(21-22(17,18)19)8-6(14)2-7(20-8)13-3-5(11)9(15)12-10(13)16;;/h3-4,6-8,14H,2H2,1H3,(H,12,15,16)(H2,17,18,19);;/q;2*+1/p-2/t4-,6+,7-,8-;;/m1../s1. The van der Waals surface area contributed by atoms with E-state index in [1.807, 2.05) is 0 Å². The number of hydrogen-bond donors (Lipinski definition) is 2. The van der Waals surface area contributed by atoms with Crippen molar-refractivity contribution < 1.29 is 70.8 Å². The summed E-state index contributed by atoms with van der Waals surface area (Å²) in [5.41, 5.74) is -2.16. The third-order valence-corrected chi connectivity index (χ3v) is 3.72. The van der Waals surface area contributed by atoms with Crippen LogP contribution in [0.2, 0.25) is 0 Å². The molecule has 0 aliphatic carbocycles. The Bertz CT molecular complexity index is 722. The van der Waals surface area contributed by atoms with Gasteiger partial charge in [-0.3, -0.25) is 14.3 Å². The Morgan fingerprint density at radius 3 is 2.62 bits per heavy atom. The summed E-state index contributed by atoms with van der Waals surface area (Å²) in [6, 6.07) is 0. The maximum Gasteiger partial charge on any atom is 1.00 e. The fourth-order valence-electron chi connectivity index (χ4n) is 2.21. The number of aliphatic hydroxyl groups excluding tert-OH is 1. The van der Waals surface area contributed by atoms with Gasteiger partial charge < -0.3 is 28.7 Å². The van der Waals surface area contributed by atoms with Gasteiger partial charge in [0.2, 0.25) is 5.82 Å². The summed E-state index contributed by atoms with van der Waals surface area (Å²) >= 11 is 0. The van der Waals surface area contributed by atoms with Crippen LogP contribution in [0.25, 0.3) is 0 Å². The molecule has 24 heavy (non-hydrogen) atoms. The van der Waals surface area contributed by atoms with Gasteiger partial charge in [-0.05, 0) is 6.92 Å². The minimum Gasteiger partial charge on any atom is -0.790 e. The van der Waals surface area contributed by atoms with Crippen LogP contribution >= 0.6 is 7.82 Å². The molecule has 14 heteroatoms. The largest absolute Gasteiger partial charge is 1.00 e. The van der Waals surface area contributed by atoms with Crippen molar-refractivity contribution in [1.82, 2.24) is 9.55 Å². The van der Waals surface area contributed by atoms with Crippen LogP contribution in [-0.4, -0.2) is 33.0 Å². The molecule has 0 radical (unpaired) electrons. The molecule has 0 unspecified atom stereocenters. The first-order valence-electron chi connectivity index (χ1n) is 6.13. The maximum absolute atomic E-state index is 13.2. The molecule has 124 valence electrons. The number of nitrogens with zero attached hydrogens (tertiary/aromatic N) is 1. The van der Waals surface area contributed by atoms with E-state index < -0.39 is 49.4 Å². The average molecular weight is 352 g/mol. The molecule has 1 aromatic rings. The van der Waals surface area contributed by atoms with Crippen molar-refractivity contribution >= 4 is 7.82 Å². The molecule has 4 atom stereocenters. The molecular weight excluding hydrogens is 340 g/mol. The summed E-state index contributed by atoms with van der Waals surface area (Å²) in [4.78, 5) is 45.4. The van der Waals surface area contributed by atoms with Crippen molar-refractivity contribution in [3.63, 3.8) is 0 Å². The molecule has 1 aromatic heterocycles. The predicted molar refractivity (Wildman–Crippen MR) is 64.0 cm³/mol. The fourth-order valence-corrected chi connectivity index (χ4v) is 2.74. The van der Waals surface area contributed by atoms with Crippen LogP contribution in [0.4, 0.5) is 4.39 Å². The third kappa shape index (κ3) is 5.68. The molecule has 2 rings (SSSR count). The molecule has 0 aromatic carbocycles. The molecule has 0 amide bonds. The number of rotatable bonds is 4. The van der Waals surface area contributed by atoms with Crippen LogP contribution in [-0.2, 0) is 13.8 Å². The Balaban J connectivity index is 0.00000264. The van der Waals surface area contributed by atoms with E-state index >= 15 is 0 Å². The first-order chi connectivity index (χ1) is 10.1. The summed E-state index contributed by atoms with van der Waals surface area (Å²) in [7, 11) is -5.28. The van der Waals surface area contributed by atoms with Gasteiger partial charge in [-0.25, -0.2) is 4.79 Å². The van der Waals surface area contributed by atoms with Crippen LogP contribution in [0.1, 0.15) is 19.6 Å². The minimum atomic E-state index is -5.28. The maximum atomic E-state index is 13.2. The Hall–Kier alpha value is -0.165. The summed E-state index contributed by atoms with van der Waals surface area (Å²) < 4.78 is 33.9. The number of hydrogen-bond acceptors (Lipinski definition) is 8. The second-order valence-corrected chi connectivity index (χ2v) is 5.86. The minimum absolute atomic E-state index is 0. The van der Waals surface area contributed by atoms with Crippen molar-refractivity contribution in [2.75, 3.05) is 0 Å². The molecule has 1 saturated heterocycles. The normalized spacial score (nSPS) is 24.8. The van der Waals surface area contributed by atoms with Gasteiger partial charge in [-0.1, -0.05) is 0 Å². The van der Waals surface area contributed by atoms with Crippen molar-refractivity contribution in [2.24, 2.45) is 0 Å². The molecule has 10 nitrogen and oxygen atoms in total. The molecule has 0 spiro atoms. The van der Waals surface area contributed by atoms with E-state index in [2.05, 4.69) is 4.52 Å². The summed E-state index contributed by atoms with van der Waals surface area (Å²) in [5.74, 6) is -1.23. The Morgan fingerprint density at radius 1 is 1.50 bits per heavy atom. The number of phosphoric ester groups is 1. The van der Waals surface area contributed by atoms with E-state index in [1.54, 1.807) is 4.98 Å². The van der Waals surface area contributed by atoms with Gasteiger partial charge in [0.25, 0.3) is 5.56 Å². The first-order valence-corrected chi connectivity index (χ1v) is 7.59. The predicted octanol–water partition coefficient (Wildman–Crippen LogP) is -8.43. The van der Waals surface area contributed by atoms with Gasteiger partial charge in [0.05, 0.1) is 26.2 Å². The van der Waals surface area contributed by atoms with Crippen LogP contribution in [0.15, 0.2) is 15.8 Å². The molecule has 0 bridgehead atoms. The second-order valence-electron chi connectivity index (χ2n) is 4.76. The molecule has 2 heterocycles. The Kier molecular flexibility index (Phi) is 8.91. The number of phosphoric acid groups is 1. The van der Waals surface area contributed by atoms with E-state index in [-0.39, 0.29) is 44.1 Å². The van der Waals surface area contributed by atoms with E-state index in [0.717, 1.165) is 0 Å². The average Bonchev–Trinajstić information content (AvgIpc) is 2.73. The zero-order chi connectivity index (χ0) is 16.7. The van der Waals surface area contributed by atoms with Crippen molar-refractivity contribution in [1.29, 1.82) is 0 Å². The van der Waals surface area contributed by atoms with Gasteiger partial charge in [-0.15, -0.1) is 0 Å². The molecule has 1 aliphatic rings. The van der Waals surface area contributed by atoms with Crippen LogP contribution in [0.5, 0.6) is 0 Å². The van der Waals surface area contributed by atoms with Crippen LogP contribution < -0.4 is 58.8 Å². The van der Waals surface area contributed by atoms with Crippen LogP contribution in [0, 0.1) is 5.82 Å². The summed E-state index contributed by atoms with van der Waals surface area (Å²) in [6.07, 6.45) is -4.51. The quantitative estimate of drug-likeness (QED) is 0.400. The fraction of sp³-hybridized carbons (Fsp3) is 0.600. The number of aromatic amines is 1. The zero-order valence-corrected chi connectivity index (χ0v) is 14.1. The topological polar surface area (TPSA) is 157 Å². The zero-order valence-electron chi connectivity index (χ0n) is 13.2.